The molecular formula is C15H19N3. The van der Waals surface area contributed by atoms with E-state index in [1.54, 1.807) is 6.20 Å². The summed E-state index contributed by atoms with van der Waals surface area (Å²) < 4.78 is 0. The van der Waals surface area contributed by atoms with Crippen molar-refractivity contribution in [2.24, 2.45) is 0 Å². The highest BCUT2D eigenvalue weighted by Gasteiger charge is 2.44. The van der Waals surface area contributed by atoms with Gasteiger partial charge in [0.05, 0.1) is 6.54 Å². The molecule has 1 heterocycles. The van der Waals surface area contributed by atoms with Gasteiger partial charge in [0.1, 0.15) is 5.82 Å². The Hall–Kier alpha value is -1.61. The molecule has 3 nitrogen and oxygen atoms in total. The molecule has 1 aliphatic carbocycles. The second-order valence-electron chi connectivity index (χ2n) is 5.23. The number of nitrogens with one attached hydrogen (secondary N) is 2. The third-order valence-corrected chi connectivity index (χ3v) is 3.88. The van der Waals surface area contributed by atoms with Crippen LogP contribution in [0.5, 0.6) is 0 Å². The minimum atomic E-state index is 0.373. The highest BCUT2D eigenvalue weighted by atomic mass is 15.0. The molecule has 2 aromatic rings. The molecular weight excluding hydrogens is 222 g/mol. The van der Waals surface area contributed by atoms with E-state index in [2.05, 4.69) is 46.5 Å². The maximum absolute atomic E-state index is 4.23. The predicted octanol–water partition coefficient (Wildman–Crippen LogP) is 2.54. The fraction of sp³-hybridized carbons (Fsp3) is 0.400. The fourth-order valence-corrected chi connectivity index (χ4v) is 2.67. The van der Waals surface area contributed by atoms with E-state index in [-0.39, 0.29) is 0 Å². The molecule has 0 amide bonds. The number of rotatable bonds is 5. The van der Waals surface area contributed by atoms with Gasteiger partial charge >= 0.3 is 0 Å². The van der Waals surface area contributed by atoms with Gasteiger partial charge < -0.3 is 10.3 Å². The van der Waals surface area contributed by atoms with Crippen LogP contribution in [0.2, 0.25) is 0 Å². The lowest BCUT2D eigenvalue weighted by atomic mass is 9.92. The van der Waals surface area contributed by atoms with Gasteiger partial charge in [0.25, 0.3) is 0 Å². The normalized spacial score (nSPS) is 16.7. The van der Waals surface area contributed by atoms with Crippen molar-refractivity contribution in [1.29, 1.82) is 0 Å². The highest BCUT2D eigenvalue weighted by Crippen LogP contribution is 2.48. The van der Waals surface area contributed by atoms with E-state index in [0.717, 1.165) is 18.9 Å². The summed E-state index contributed by atoms with van der Waals surface area (Å²) in [5.41, 5.74) is 3.30. The molecule has 18 heavy (non-hydrogen) atoms. The number of H-pyrrole nitrogens is 1. The highest BCUT2D eigenvalue weighted by molar-refractivity contribution is 5.38. The Labute approximate surface area is 108 Å². The summed E-state index contributed by atoms with van der Waals surface area (Å²) in [6.07, 6.45) is 6.25. The number of aromatic amines is 1. The lowest BCUT2D eigenvalue weighted by Crippen LogP contribution is -2.27. The number of nitrogens with zero attached hydrogens (tertiary/aromatic N) is 1. The SMILES string of the molecule is Cc1ccccc1C1(CNCc2ncc[nH]2)CC1. The molecule has 2 N–H and O–H groups in total. The van der Waals surface area contributed by atoms with Crippen molar-refractivity contribution in [2.75, 3.05) is 6.54 Å². The average molecular weight is 241 g/mol. The molecule has 3 rings (SSSR count). The van der Waals surface area contributed by atoms with Crippen molar-refractivity contribution >= 4 is 0 Å². The minimum Gasteiger partial charge on any atom is -0.348 e. The number of aromatic nitrogens is 2. The standard InChI is InChI=1S/C15H19N3/c1-12-4-2-3-5-13(12)15(6-7-15)11-16-10-14-17-8-9-18-14/h2-5,8-9,16H,6-7,10-11H2,1H3,(H,17,18). The van der Waals surface area contributed by atoms with E-state index in [1.165, 1.54) is 24.0 Å². The van der Waals surface area contributed by atoms with E-state index < -0.39 is 0 Å². The minimum absolute atomic E-state index is 0.373. The molecule has 0 bridgehead atoms. The van der Waals surface area contributed by atoms with Crippen LogP contribution in [0.3, 0.4) is 0 Å². The largest absolute Gasteiger partial charge is 0.348 e. The molecule has 0 radical (unpaired) electrons. The lowest BCUT2D eigenvalue weighted by Gasteiger charge is -2.18. The third-order valence-electron chi connectivity index (χ3n) is 3.88. The molecule has 0 unspecified atom stereocenters. The van der Waals surface area contributed by atoms with Gasteiger partial charge in [-0.05, 0) is 30.9 Å². The van der Waals surface area contributed by atoms with Gasteiger partial charge in [0.2, 0.25) is 0 Å². The van der Waals surface area contributed by atoms with Crippen molar-refractivity contribution < 1.29 is 0 Å². The number of imidazole rings is 1. The summed E-state index contributed by atoms with van der Waals surface area (Å²) in [5.74, 6) is 1.01. The van der Waals surface area contributed by atoms with E-state index in [4.69, 9.17) is 0 Å². The fourth-order valence-electron chi connectivity index (χ4n) is 2.67. The molecule has 1 aromatic carbocycles. The molecule has 0 saturated heterocycles. The first-order chi connectivity index (χ1) is 8.80. The van der Waals surface area contributed by atoms with Gasteiger partial charge in [-0.25, -0.2) is 4.98 Å². The van der Waals surface area contributed by atoms with Gasteiger partial charge in [0, 0.05) is 24.4 Å². The van der Waals surface area contributed by atoms with Crippen LogP contribution in [0.25, 0.3) is 0 Å². The van der Waals surface area contributed by atoms with Gasteiger partial charge in [0.15, 0.2) is 0 Å². The van der Waals surface area contributed by atoms with E-state index in [9.17, 15) is 0 Å². The van der Waals surface area contributed by atoms with Crippen LogP contribution in [0.15, 0.2) is 36.7 Å². The Morgan fingerprint density at radius 2 is 2.17 bits per heavy atom. The van der Waals surface area contributed by atoms with Crippen LogP contribution < -0.4 is 5.32 Å². The Morgan fingerprint density at radius 3 is 2.83 bits per heavy atom. The molecule has 1 aliphatic rings. The van der Waals surface area contributed by atoms with Crippen LogP contribution in [-0.2, 0) is 12.0 Å². The maximum Gasteiger partial charge on any atom is 0.120 e. The number of hydrogen-bond acceptors (Lipinski definition) is 2. The molecule has 3 heteroatoms. The van der Waals surface area contributed by atoms with Gasteiger partial charge in [-0.3, -0.25) is 0 Å². The van der Waals surface area contributed by atoms with E-state index in [0.29, 0.717) is 5.41 Å². The maximum atomic E-state index is 4.23. The van der Waals surface area contributed by atoms with Crippen LogP contribution in [-0.4, -0.2) is 16.5 Å². The van der Waals surface area contributed by atoms with Crippen molar-refractivity contribution in [3.8, 4) is 0 Å². The van der Waals surface area contributed by atoms with Gasteiger partial charge in [-0.1, -0.05) is 24.3 Å². The van der Waals surface area contributed by atoms with Crippen molar-refractivity contribution in [3.05, 3.63) is 53.6 Å². The summed E-state index contributed by atoms with van der Waals surface area (Å²) >= 11 is 0. The molecule has 0 aliphatic heterocycles. The Balaban J connectivity index is 1.64. The molecule has 1 fully saturated rings. The first-order valence-electron chi connectivity index (χ1n) is 6.55. The number of aryl methyl sites for hydroxylation is 1. The Kier molecular flexibility index (Phi) is 2.92. The Morgan fingerprint density at radius 1 is 1.33 bits per heavy atom. The first kappa shape index (κ1) is 11.5. The Bertz CT molecular complexity index is 512. The zero-order valence-electron chi connectivity index (χ0n) is 10.7. The topological polar surface area (TPSA) is 40.7 Å². The zero-order chi connectivity index (χ0) is 12.4. The predicted molar refractivity (Wildman–Crippen MR) is 72.4 cm³/mol. The van der Waals surface area contributed by atoms with Crippen LogP contribution in [0, 0.1) is 6.92 Å². The number of hydrogen-bond donors (Lipinski definition) is 2. The second kappa shape index (κ2) is 4.58. The van der Waals surface area contributed by atoms with Crippen molar-refractivity contribution in [2.45, 2.75) is 31.7 Å². The van der Waals surface area contributed by atoms with Crippen LogP contribution >= 0.6 is 0 Å². The van der Waals surface area contributed by atoms with E-state index >= 15 is 0 Å². The molecule has 1 aromatic heterocycles. The van der Waals surface area contributed by atoms with Gasteiger partial charge in [-0.2, -0.15) is 0 Å². The molecule has 94 valence electrons. The quantitative estimate of drug-likeness (QED) is 0.844. The summed E-state index contributed by atoms with van der Waals surface area (Å²) in [4.78, 5) is 7.35. The summed E-state index contributed by atoms with van der Waals surface area (Å²) in [5, 5.41) is 3.52. The van der Waals surface area contributed by atoms with Gasteiger partial charge in [-0.15, -0.1) is 0 Å². The summed E-state index contributed by atoms with van der Waals surface area (Å²) in [7, 11) is 0. The third kappa shape index (κ3) is 2.18. The molecule has 0 spiro atoms. The summed E-state index contributed by atoms with van der Waals surface area (Å²) in [6, 6.07) is 8.75. The van der Waals surface area contributed by atoms with Crippen LogP contribution in [0.1, 0.15) is 29.8 Å². The molecule has 1 saturated carbocycles. The first-order valence-corrected chi connectivity index (χ1v) is 6.55. The smallest absolute Gasteiger partial charge is 0.120 e. The van der Waals surface area contributed by atoms with Crippen LogP contribution in [0.4, 0.5) is 0 Å². The lowest BCUT2D eigenvalue weighted by molar-refractivity contribution is 0.563. The monoisotopic (exact) mass is 241 g/mol. The number of benzene rings is 1. The van der Waals surface area contributed by atoms with E-state index in [1.807, 2.05) is 6.20 Å². The second-order valence-corrected chi connectivity index (χ2v) is 5.23. The molecule has 0 atom stereocenters. The zero-order valence-corrected chi connectivity index (χ0v) is 10.7. The van der Waals surface area contributed by atoms with Crippen molar-refractivity contribution in [3.63, 3.8) is 0 Å². The van der Waals surface area contributed by atoms with Crippen molar-refractivity contribution in [1.82, 2.24) is 15.3 Å². The average Bonchev–Trinajstić information content (AvgIpc) is 2.97. The summed E-state index contributed by atoms with van der Waals surface area (Å²) in [6.45, 7) is 4.07.